The predicted molar refractivity (Wildman–Crippen MR) is 102 cm³/mol. The Bertz CT molecular complexity index is 872. The number of carboxylic acid groups (broad SMARTS) is 1. The number of hydrogen-bond acceptors (Lipinski definition) is 4. The summed E-state index contributed by atoms with van der Waals surface area (Å²) in [6.45, 7) is 2.57. The third kappa shape index (κ3) is 4.43. The molecule has 1 heterocycles. The van der Waals surface area contributed by atoms with E-state index in [1.165, 1.54) is 6.07 Å². The minimum absolute atomic E-state index is 0.00243. The third-order valence-corrected chi connectivity index (χ3v) is 4.95. The molecule has 0 bridgehead atoms. The lowest BCUT2D eigenvalue weighted by Crippen LogP contribution is -2.55. The average molecular weight is 369 g/mol. The highest BCUT2D eigenvalue weighted by molar-refractivity contribution is 5.94. The number of aromatic amines is 1. The van der Waals surface area contributed by atoms with Crippen molar-refractivity contribution >= 4 is 11.9 Å². The zero-order chi connectivity index (χ0) is 19.4. The summed E-state index contributed by atoms with van der Waals surface area (Å²) >= 11 is 0. The molecule has 1 aromatic heterocycles. The third-order valence-electron chi connectivity index (χ3n) is 4.95. The molecule has 0 atom stereocenters. The molecule has 0 spiro atoms. The van der Waals surface area contributed by atoms with Gasteiger partial charge >= 0.3 is 5.97 Å². The lowest BCUT2D eigenvalue weighted by atomic mass is 9.85. The Morgan fingerprint density at radius 1 is 1.19 bits per heavy atom. The Morgan fingerprint density at radius 2 is 1.89 bits per heavy atom. The number of benzene rings is 1. The SMILES string of the molecule is CCN(CC(=O)O)C1CC(NC(=O)c2ccc(-c3ccccc3)[nH]c2=O)C1. The van der Waals surface area contributed by atoms with Crippen LogP contribution in [0.4, 0.5) is 0 Å². The number of aliphatic carboxylic acids is 1. The minimum atomic E-state index is -0.852. The van der Waals surface area contributed by atoms with Crippen molar-refractivity contribution in [3.05, 3.63) is 58.4 Å². The summed E-state index contributed by atoms with van der Waals surface area (Å²) in [6.07, 6.45) is 1.37. The van der Waals surface area contributed by atoms with Crippen molar-refractivity contribution in [3.8, 4) is 11.3 Å². The normalized spacial score (nSPS) is 18.7. The van der Waals surface area contributed by atoms with Crippen molar-refractivity contribution in [2.45, 2.75) is 31.8 Å². The van der Waals surface area contributed by atoms with Gasteiger partial charge in [-0.1, -0.05) is 37.3 Å². The summed E-state index contributed by atoms with van der Waals surface area (Å²) < 4.78 is 0. The van der Waals surface area contributed by atoms with Gasteiger partial charge in [0, 0.05) is 17.8 Å². The molecule has 0 unspecified atom stereocenters. The van der Waals surface area contributed by atoms with Gasteiger partial charge < -0.3 is 15.4 Å². The van der Waals surface area contributed by atoms with E-state index in [9.17, 15) is 14.4 Å². The van der Waals surface area contributed by atoms with Crippen molar-refractivity contribution in [2.24, 2.45) is 0 Å². The number of amides is 1. The number of aromatic nitrogens is 1. The maximum absolute atomic E-state index is 12.4. The lowest BCUT2D eigenvalue weighted by Gasteiger charge is -2.42. The zero-order valence-electron chi connectivity index (χ0n) is 15.1. The van der Waals surface area contributed by atoms with Gasteiger partial charge in [-0.15, -0.1) is 0 Å². The summed E-state index contributed by atoms with van der Waals surface area (Å²) in [5, 5.41) is 11.8. The van der Waals surface area contributed by atoms with Crippen LogP contribution in [0.2, 0.25) is 0 Å². The number of carbonyl (C=O) groups excluding carboxylic acids is 1. The largest absolute Gasteiger partial charge is 0.480 e. The topological polar surface area (TPSA) is 102 Å². The fourth-order valence-corrected chi connectivity index (χ4v) is 3.38. The first-order chi connectivity index (χ1) is 13.0. The fourth-order valence-electron chi connectivity index (χ4n) is 3.38. The Balaban J connectivity index is 1.60. The van der Waals surface area contributed by atoms with Crippen molar-refractivity contribution < 1.29 is 14.7 Å². The van der Waals surface area contributed by atoms with Gasteiger partial charge in [-0.25, -0.2) is 0 Å². The molecule has 3 rings (SSSR count). The summed E-state index contributed by atoms with van der Waals surface area (Å²) in [5.41, 5.74) is 1.19. The summed E-state index contributed by atoms with van der Waals surface area (Å²) in [5.74, 6) is -1.25. The smallest absolute Gasteiger partial charge is 0.317 e. The molecule has 1 saturated carbocycles. The summed E-state index contributed by atoms with van der Waals surface area (Å²) in [7, 11) is 0. The number of carbonyl (C=O) groups is 2. The van der Waals surface area contributed by atoms with Crippen LogP contribution < -0.4 is 10.9 Å². The number of hydrogen-bond donors (Lipinski definition) is 3. The second kappa shape index (κ2) is 8.18. The molecular weight excluding hydrogens is 346 g/mol. The molecule has 1 aromatic carbocycles. The van der Waals surface area contributed by atoms with Gasteiger partial charge in [-0.3, -0.25) is 19.3 Å². The Hall–Kier alpha value is -2.93. The summed E-state index contributed by atoms with van der Waals surface area (Å²) in [6, 6.07) is 12.8. The van der Waals surface area contributed by atoms with E-state index in [0.29, 0.717) is 25.1 Å². The first-order valence-corrected chi connectivity index (χ1v) is 9.03. The van der Waals surface area contributed by atoms with Gasteiger partial charge in [0.1, 0.15) is 5.56 Å². The molecule has 7 heteroatoms. The first-order valence-electron chi connectivity index (χ1n) is 9.03. The molecule has 0 saturated heterocycles. The quantitative estimate of drug-likeness (QED) is 0.689. The van der Waals surface area contributed by atoms with Gasteiger partial charge in [0.2, 0.25) is 0 Å². The molecule has 3 N–H and O–H groups in total. The number of rotatable bonds is 7. The molecule has 0 aliphatic heterocycles. The van der Waals surface area contributed by atoms with Crippen LogP contribution in [0.15, 0.2) is 47.3 Å². The molecule has 142 valence electrons. The van der Waals surface area contributed by atoms with Gasteiger partial charge in [-0.05, 0) is 37.1 Å². The van der Waals surface area contributed by atoms with Gasteiger partial charge in [-0.2, -0.15) is 0 Å². The van der Waals surface area contributed by atoms with Crippen LogP contribution in [-0.2, 0) is 4.79 Å². The highest BCUT2D eigenvalue weighted by atomic mass is 16.4. The van der Waals surface area contributed by atoms with E-state index in [0.717, 1.165) is 5.56 Å². The fraction of sp³-hybridized carbons (Fsp3) is 0.350. The van der Waals surface area contributed by atoms with Gasteiger partial charge in [0.05, 0.1) is 6.54 Å². The molecule has 1 fully saturated rings. The van der Waals surface area contributed by atoms with Crippen molar-refractivity contribution in [3.63, 3.8) is 0 Å². The van der Waals surface area contributed by atoms with E-state index in [-0.39, 0.29) is 24.2 Å². The molecule has 1 amide bonds. The van der Waals surface area contributed by atoms with E-state index >= 15 is 0 Å². The van der Waals surface area contributed by atoms with Gasteiger partial charge in [0.25, 0.3) is 11.5 Å². The van der Waals surface area contributed by atoms with E-state index < -0.39 is 17.4 Å². The summed E-state index contributed by atoms with van der Waals surface area (Å²) in [4.78, 5) is 40.2. The van der Waals surface area contributed by atoms with Crippen LogP contribution in [0.1, 0.15) is 30.1 Å². The van der Waals surface area contributed by atoms with E-state index in [2.05, 4.69) is 10.3 Å². The second-order valence-corrected chi connectivity index (χ2v) is 6.73. The Morgan fingerprint density at radius 3 is 2.48 bits per heavy atom. The standard InChI is InChI=1S/C20H23N3O4/c1-2-23(12-18(24)25)15-10-14(11-15)21-19(26)16-8-9-17(22-20(16)27)13-6-4-3-5-7-13/h3-9,14-15H,2,10-12H2,1H3,(H,21,26)(H,22,27)(H,24,25). The number of nitrogens with zero attached hydrogens (tertiary/aromatic N) is 1. The molecular formula is C20H23N3O4. The highest BCUT2D eigenvalue weighted by Crippen LogP contribution is 2.25. The zero-order valence-corrected chi connectivity index (χ0v) is 15.1. The van der Waals surface area contributed by atoms with Crippen molar-refractivity contribution in [1.82, 2.24) is 15.2 Å². The van der Waals surface area contributed by atoms with Crippen molar-refractivity contribution in [2.75, 3.05) is 13.1 Å². The molecule has 27 heavy (non-hydrogen) atoms. The number of likely N-dealkylation sites (N-methyl/N-ethyl adjacent to an activating group) is 1. The minimum Gasteiger partial charge on any atom is -0.480 e. The van der Waals surface area contributed by atoms with Crippen LogP contribution in [0.25, 0.3) is 11.3 Å². The lowest BCUT2D eigenvalue weighted by molar-refractivity contribution is -0.139. The number of H-pyrrole nitrogens is 1. The first kappa shape index (κ1) is 18.8. The van der Waals surface area contributed by atoms with Crippen LogP contribution in [0.3, 0.4) is 0 Å². The van der Waals surface area contributed by atoms with E-state index in [1.807, 2.05) is 42.2 Å². The molecule has 2 aromatic rings. The maximum Gasteiger partial charge on any atom is 0.317 e. The van der Waals surface area contributed by atoms with Crippen LogP contribution in [0.5, 0.6) is 0 Å². The second-order valence-electron chi connectivity index (χ2n) is 6.73. The monoisotopic (exact) mass is 369 g/mol. The van der Waals surface area contributed by atoms with Crippen LogP contribution in [0, 0.1) is 0 Å². The maximum atomic E-state index is 12.4. The van der Waals surface area contributed by atoms with Crippen LogP contribution >= 0.6 is 0 Å². The molecule has 0 radical (unpaired) electrons. The van der Waals surface area contributed by atoms with Gasteiger partial charge in [0.15, 0.2) is 0 Å². The average Bonchev–Trinajstić information content (AvgIpc) is 2.63. The predicted octanol–water partition coefficient (Wildman–Crippen LogP) is 1.71. The Kier molecular flexibility index (Phi) is 5.71. The Labute approximate surface area is 157 Å². The number of pyridine rings is 1. The van der Waals surface area contributed by atoms with Crippen molar-refractivity contribution in [1.29, 1.82) is 0 Å². The highest BCUT2D eigenvalue weighted by Gasteiger charge is 2.35. The van der Waals surface area contributed by atoms with E-state index in [4.69, 9.17) is 5.11 Å². The van der Waals surface area contributed by atoms with Crippen LogP contribution in [-0.4, -0.2) is 52.0 Å². The molecule has 7 nitrogen and oxygen atoms in total. The molecule has 1 aliphatic carbocycles. The molecule has 1 aliphatic rings. The number of nitrogens with one attached hydrogen (secondary N) is 2. The van der Waals surface area contributed by atoms with E-state index in [1.54, 1.807) is 6.07 Å². The number of carboxylic acids is 1.